The molecule has 1 aromatic heterocycles. The number of anilines is 2. The van der Waals surface area contributed by atoms with Gasteiger partial charge in [-0.1, -0.05) is 36.4 Å². The highest BCUT2D eigenvalue weighted by atomic mass is 15.0. The molecule has 4 N–H and O–H groups in total. The van der Waals surface area contributed by atoms with Crippen LogP contribution >= 0.6 is 0 Å². The molecule has 0 atom stereocenters. The normalized spacial score (nSPS) is 9.92. The zero-order valence-electron chi connectivity index (χ0n) is 12.6. The number of nitrogens with zero attached hydrogens (tertiary/aromatic N) is 4. The number of nitrogens with two attached hydrogens (primary N) is 2. The Hall–Kier alpha value is -3.90. The largest absolute Gasteiger partial charge is 0.382 e. The van der Waals surface area contributed by atoms with Gasteiger partial charge in [0.25, 0.3) is 0 Å². The zero-order chi connectivity index (χ0) is 17.1. The first-order valence-corrected chi connectivity index (χ1v) is 7.07. The number of rotatable bonds is 2. The maximum absolute atomic E-state index is 9.33. The van der Waals surface area contributed by atoms with Crippen LogP contribution in [-0.4, -0.2) is 9.97 Å². The lowest BCUT2D eigenvalue weighted by atomic mass is 9.97. The van der Waals surface area contributed by atoms with Gasteiger partial charge in [0.05, 0.1) is 17.3 Å². The molecule has 6 heteroatoms. The highest BCUT2D eigenvalue weighted by molar-refractivity contribution is 5.79. The van der Waals surface area contributed by atoms with E-state index in [1.54, 1.807) is 12.1 Å². The summed E-state index contributed by atoms with van der Waals surface area (Å²) in [6.07, 6.45) is 0. The first-order chi connectivity index (χ1) is 11.6. The Kier molecular flexibility index (Phi) is 3.80. The average molecular weight is 312 g/mol. The van der Waals surface area contributed by atoms with E-state index in [4.69, 9.17) is 11.5 Å². The van der Waals surface area contributed by atoms with Crippen molar-refractivity contribution in [2.75, 3.05) is 11.5 Å². The molecular weight excluding hydrogens is 300 g/mol. The Balaban J connectivity index is 2.21. The van der Waals surface area contributed by atoms with Gasteiger partial charge in [0, 0.05) is 5.56 Å². The molecule has 0 saturated heterocycles. The Bertz CT molecular complexity index is 1010. The van der Waals surface area contributed by atoms with Crippen LogP contribution in [0, 0.1) is 22.7 Å². The van der Waals surface area contributed by atoms with Gasteiger partial charge < -0.3 is 11.5 Å². The third kappa shape index (κ3) is 2.60. The van der Waals surface area contributed by atoms with Crippen molar-refractivity contribution >= 4 is 11.8 Å². The molecule has 0 aliphatic rings. The summed E-state index contributed by atoms with van der Waals surface area (Å²) in [4.78, 5) is 7.97. The van der Waals surface area contributed by atoms with Crippen molar-refractivity contribution in [2.24, 2.45) is 0 Å². The third-order valence-corrected chi connectivity index (χ3v) is 3.56. The van der Waals surface area contributed by atoms with Crippen LogP contribution in [0.2, 0.25) is 0 Å². The van der Waals surface area contributed by atoms with Crippen LogP contribution in [-0.2, 0) is 0 Å². The van der Waals surface area contributed by atoms with Gasteiger partial charge in [0.2, 0.25) is 5.95 Å². The molecule has 0 fully saturated rings. The van der Waals surface area contributed by atoms with Crippen LogP contribution < -0.4 is 11.5 Å². The van der Waals surface area contributed by atoms with Crippen molar-refractivity contribution in [2.45, 2.75) is 0 Å². The van der Waals surface area contributed by atoms with Crippen molar-refractivity contribution in [1.82, 2.24) is 9.97 Å². The van der Waals surface area contributed by atoms with E-state index < -0.39 is 0 Å². The van der Waals surface area contributed by atoms with Gasteiger partial charge in [-0.2, -0.15) is 15.5 Å². The molecule has 0 unspecified atom stereocenters. The van der Waals surface area contributed by atoms with Gasteiger partial charge in [-0.15, -0.1) is 0 Å². The Morgan fingerprint density at radius 3 is 2.33 bits per heavy atom. The van der Waals surface area contributed by atoms with Crippen molar-refractivity contribution in [3.63, 3.8) is 0 Å². The predicted molar refractivity (Wildman–Crippen MR) is 91.2 cm³/mol. The molecule has 6 nitrogen and oxygen atoms in total. The summed E-state index contributed by atoms with van der Waals surface area (Å²) in [6, 6.07) is 18.9. The van der Waals surface area contributed by atoms with E-state index in [2.05, 4.69) is 16.0 Å². The van der Waals surface area contributed by atoms with Crippen molar-refractivity contribution in [1.29, 1.82) is 10.5 Å². The van der Waals surface area contributed by atoms with Crippen LogP contribution in [0.25, 0.3) is 22.4 Å². The highest BCUT2D eigenvalue weighted by Crippen LogP contribution is 2.30. The number of nitrogen functional groups attached to an aromatic ring is 2. The van der Waals surface area contributed by atoms with Crippen LogP contribution in [0.15, 0.2) is 48.5 Å². The molecule has 1 heterocycles. The van der Waals surface area contributed by atoms with E-state index in [0.717, 1.165) is 11.1 Å². The van der Waals surface area contributed by atoms with Gasteiger partial charge in [0.1, 0.15) is 17.5 Å². The lowest BCUT2D eigenvalue weighted by Crippen LogP contribution is -2.05. The van der Waals surface area contributed by atoms with E-state index in [1.165, 1.54) is 0 Å². The van der Waals surface area contributed by atoms with E-state index in [9.17, 15) is 10.5 Å². The average Bonchev–Trinajstić information content (AvgIpc) is 2.61. The summed E-state index contributed by atoms with van der Waals surface area (Å²) in [6.45, 7) is 0. The molecule has 24 heavy (non-hydrogen) atoms. The summed E-state index contributed by atoms with van der Waals surface area (Å²) in [5, 5.41) is 18.6. The second kappa shape index (κ2) is 6.07. The molecule has 0 bridgehead atoms. The number of benzene rings is 2. The first kappa shape index (κ1) is 15.0. The number of hydrogen-bond acceptors (Lipinski definition) is 6. The molecule has 2 aromatic carbocycles. The van der Waals surface area contributed by atoms with Crippen LogP contribution in [0.3, 0.4) is 0 Å². The van der Waals surface area contributed by atoms with E-state index >= 15 is 0 Å². The lowest BCUT2D eigenvalue weighted by Gasteiger charge is -2.09. The van der Waals surface area contributed by atoms with Crippen LogP contribution in [0.4, 0.5) is 11.8 Å². The lowest BCUT2D eigenvalue weighted by molar-refractivity contribution is 1.18. The van der Waals surface area contributed by atoms with Gasteiger partial charge in [-0.3, -0.25) is 0 Å². The molecule has 3 rings (SSSR count). The second-order valence-electron chi connectivity index (χ2n) is 5.04. The Labute approximate surface area is 138 Å². The van der Waals surface area contributed by atoms with Gasteiger partial charge in [-0.05, 0) is 23.3 Å². The fourth-order valence-electron chi connectivity index (χ4n) is 2.48. The van der Waals surface area contributed by atoms with Gasteiger partial charge in [-0.25, -0.2) is 4.98 Å². The quantitative estimate of drug-likeness (QED) is 0.749. The monoisotopic (exact) mass is 312 g/mol. The van der Waals surface area contributed by atoms with Crippen molar-refractivity contribution < 1.29 is 0 Å². The fourth-order valence-corrected chi connectivity index (χ4v) is 2.48. The molecule has 3 aromatic rings. The maximum Gasteiger partial charge on any atom is 0.222 e. The van der Waals surface area contributed by atoms with Crippen molar-refractivity contribution in [3.8, 4) is 34.5 Å². The topological polar surface area (TPSA) is 125 Å². The standard InChI is InChI=1S/C18H12N6/c19-9-13-4-1-2-7-14(13)11-5-3-6-12(8-11)16-15(10-20)17(21)24-18(22)23-16/h1-8H,(H4,21,22,23,24). The summed E-state index contributed by atoms with van der Waals surface area (Å²) in [7, 11) is 0. The summed E-state index contributed by atoms with van der Waals surface area (Å²) < 4.78 is 0. The van der Waals surface area contributed by atoms with Gasteiger partial charge in [0.15, 0.2) is 0 Å². The summed E-state index contributed by atoms with van der Waals surface area (Å²) in [5.74, 6) is 0.0483. The Morgan fingerprint density at radius 2 is 1.58 bits per heavy atom. The van der Waals surface area contributed by atoms with Crippen LogP contribution in [0.1, 0.15) is 11.1 Å². The molecule has 0 saturated carbocycles. The number of aromatic nitrogens is 2. The van der Waals surface area contributed by atoms with E-state index in [0.29, 0.717) is 16.8 Å². The fraction of sp³-hybridized carbons (Fsp3) is 0. The van der Waals surface area contributed by atoms with Crippen molar-refractivity contribution in [3.05, 3.63) is 59.7 Å². The Morgan fingerprint density at radius 1 is 0.833 bits per heavy atom. The highest BCUT2D eigenvalue weighted by Gasteiger charge is 2.14. The SMILES string of the molecule is N#Cc1ccccc1-c1cccc(-c2nc(N)nc(N)c2C#N)c1. The van der Waals surface area contributed by atoms with Crippen LogP contribution in [0.5, 0.6) is 0 Å². The minimum atomic E-state index is 0.00401. The molecule has 0 radical (unpaired) electrons. The maximum atomic E-state index is 9.33. The molecule has 0 aliphatic heterocycles. The third-order valence-electron chi connectivity index (χ3n) is 3.56. The smallest absolute Gasteiger partial charge is 0.222 e. The summed E-state index contributed by atoms with van der Waals surface area (Å²) >= 11 is 0. The molecular formula is C18H12N6. The minimum absolute atomic E-state index is 0.00401. The number of nitriles is 2. The zero-order valence-corrected chi connectivity index (χ0v) is 12.6. The van der Waals surface area contributed by atoms with E-state index in [1.807, 2.05) is 42.5 Å². The first-order valence-electron chi connectivity index (χ1n) is 7.07. The molecule has 0 spiro atoms. The van der Waals surface area contributed by atoms with E-state index in [-0.39, 0.29) is 17.3 Å². The summed E-state index contributed by atoms with van der Waals surface area (Å²) in [5.41, 5.74) is 14.9. The molecule has 114 valence electrons. The van der Waals surface area contributed by atoms with Gasteiger partial charge >= 0.3 is 0 Å². The number of hydrogen-bond donors (Lipinski definition) is 2. The second-order valence-corrected chi connectivity index (χ2v) is 5.04. The molecule has 0 aliphatic carbocycles. The molecule has 0 amide bonds. The minimum Gasteiger partial charge on any atom is -0.382 e. The predicted octanol–water partition coefficient (Wildman–Crippen LogP) is 2.72.